The van der Waals surface area contributed by atoms with Crippen LogP contribution in [0.25, 0.3) is 10.9 Å². The molecule has 0 spiro atoms. The summed E-state index contributed by atoms with van der Waals surface area (Å²) in [7, 11) is 0. The van der Waals surface area contributed by atoms with Crippen LogP contribution in [0.1, 0.15) is 29.2 Å². The molecule has 1 aliphatic rings. The lowest BCUT2D eigenvalue weighted by atomic mass is 10.1. The molecule has 2 aromatic heterocycles. The first-order chi connectivity index (χ1) is 13.5. The summed E-state index contributed by atoms with van der Waals surface area (Å²) in [5.41, 5.74) is 2.64. The molecule has 9 heteroatoms. The quantitative estimate of drug-likeness (QED) is 0.668. The van der Waals surface area contributed by atoms with Crippen LogP contribution < -0.4 is 9.64 Å². The molecular weight excluding hydrogens is 376 g/mol. The van der Waals surface area contributed by atoms with Crippen molar-refractivity contribution in [1.29, 1.82) is 0 Å². The van der Waals surface area contributed by atoms with Crippen LogP contribution in [0.4, 0.5) is 5.69 Å². The van der Waals surface area contributed by atoms with Crippen LogP contribution in [-0.4, -0.2) is 62.6 Å². The van der Waals surface area contributed by atoms with E-state index in [9.17, 15) is 4.79 Å². The van der Waals surface area contributed by atoms with E-state index in [-0.39, 0.29) is 12.0 Å². The number of aryl methyl sites for hydroxylation is 1. The van der Waals surface area contributed by atoms with Crippen molar-refractivity contribution in [3.05, 3.63) is 35.1 Å². The van der Waals surface area contributed by atoms with Gasteiger partial charge in [-0.25, -0.2) is 9.97 Å². The average molecular weight is 398 g/mol. The number of piperazine rings is 1. The Balaban J connectivity index is 1.51. The van der Waals surface area contributed by atoms with E-state index in [2.05, 4.69) is 36.6 Å². The van der Waals surface area contributed by atoms with Crippen LogP contribution in [-0.2, 0) is 0 Å². The number of nitrogens with zero attached hydrogens (tertiary/aromatic N) is 6. The Morgan fingerprint density at radius 3 is 2.64 bits per heavy atom. The second-order valence-corrected chi connectivity index (χ2v) is 7.77. The monoisotopic (exact) mass is 398 g/mol. The predicted molar refractivity (Wildman–Crippen MR) is 108 cm³/mol. The minimum Gasteiger partial charge on any atom is -0.474 e. The number of carbonyl (C=O) groups excluding carboxylic acids is 1. The maximum absolute atomic E-state index is 12.7. The second-order valence-electron chi connectivity index (χ2n) is 7.01. The van der Waals surface area contributed by atoms with E-state index >= 15 is 0 Å². The van der Waals surface area contributed by atoms with Gasteiger partial charge >= 0.3 is 0 Å². The molecule has 0 atom stereocenters. The molecule has 1 fully saturated rings. The molecule has 3 aromatic rings. The van der Waals surface area contributed by atoms with Crippen LogP contribution in [0.2, 0.25) is 0 Å². The van der Waals surface area contributed by atoms with Crippen molar-refractivity contribution in [3.8, 4) is 5.88 Å². The summed E-state index contributed by atoms with van der Waals surface area (Å²) in [6.45, 7) is 8.63. The number of ether oxygens (including phenoxy) is 1. The van der Waals surface area contributed by atoms with Gasteiger partial charge in [-0.1, -0.05) is 4.49 Å². The smallest absolute Gasteiger partial charge is 0.267 e. The van der Waals surface area contributed by atoms with Gasteiger partial charge in [0.1, 0.15) is 11.2 Å². The van der Waals surface area contributed by atoms with Crippen LogP contribution in [0, 0.1) is 6.92 Å². The number of rotatable bonds is 4. The largest absolute Gasteiger partial charge is 0.474 e. The summed E-state index contributed by atoms with van der Waals surface area (Å²) in [5, 5.41) is 4.84. The average Bonchev–Trinajstić information content (AvgIpc) is 3.13. The van der Waals surface area contributed by atoms with Gasteiger partial charge in [0.15, 0.2) is 0 Å². The van der Waals surface area contributed by atoms with Crippen LogP contribution in [0.3, 0.4) is 0 Å². The molecule has 1 amide bonds. The SMILES string of the molecule is Cc1nnsc1C(=O)N1CCN(c2ccc3ncnc(OC(C)C)c3c2)CC1. The Morgan fingerprint density at radius 2 is 1.96 bits per heavy atom. The topological polar surface area (TPSA) is 84.3 Å². The molecule has 1 aliphatic heterocycles. The second kappa shape index (κ2) is 7.67. The van der Waals surface area contributed by atoms with Crippen molar-refractivity contribution in [2.75, 3.05) is 31.1 Å². The maximum Gasteiger partial charge on any atom is 0.267 e. The molecule has 3 heterocycles. The highest BCUT2D eigenvalue weighted by Crippen LogP contribution is 2.28. The Morgan fingerprint density at radius 1 is 1.18 bits per heavy atom. The number of hydrogen-bond acceptors (Lipinski definition) is 8. The first kappa shape index (κ1) is 18.5. The Kier molecular flexibility index (Phi) is 5.08. The summed E-state index contributed by atoms with van der Waals surface area (Å²) in [6.07, 6.45) is 1.57. The first-order valence-corrected chi connectivity index (χ1v) is 10.0. The predicted octanol–water partition coefficient (Wildman–Crippen LogP) is 2.54. The molecular formula is C19H22N6O2S. The Labute approximate surface area is 167 Å². The van der Waals surface area contributed by atoms with Gasteiger partial charge in [-0.05, 0) is 50.5 Å². The molecule has 1 saturated heterocycles. The van der Waals surface area contributed by atoms with E-state index in [1.54, 1.807) is 0 Å². The molecule has 0 aliphatic carbocycles. The third kappa shape index (κ3) is 3.62. The van der Waals surface area contributed by atoms with E-state index in [4.69, 9.17) is 4.74 Å². The molecule has 4 rings (SSSR count). The zero-order chi connectivity index (χ0) is 19.7. The molecule has 28 heavy (non-hydrogen) atoms. The molecule has 146 valence electrons. The summed E-state index contributed by atoms with van der Waals surface area (Å²) < 4.78 is 9.71. The maximum atomic E-state index is 12.7. The van der Waals surface area contributed by atoms with E-state index in [1.807, 2.05) is 31.7 Å². The summed E-state index contributed by atoms with van der Waals surface area (Å²) in [5.74, 6) is 0.621. The highest BCUT2D eigenvalue weighted by molar-refractivity contribution is 7.07. The molecule has 0 saturated carbocycles. The van der Waals surface area contributed by atoms with E-state index in [1.165, 1.54) is 6.33 Å². The number of fused-ring (bicyclic) bond motifs is 1. The van der Waals surface area contributed by atoms with Crippen molar-refractivity contribution in [2.45, 2.75) is 26.9 Å². The zero-order valence-corrected chi connectivity index (χ0v) is 16.9. The summed E-state index contributed by atoms with van der Waals surface area (Å²) >= 11 is 1.16. The van der Waals surface area contributed by atoms with Gasteiger partial charge in [-0.15, -0.1) is 5.10 Å². The third-order valence-corrected chi connectivity index (χ3v) is 5.52. The van der Waals surface area contributed by atoms with Crippen molar-refractivity contribution < 1.29 is 9.53 Å². The molecule has 0 N–H and O–H groups in total. The van der Waals surface area contributed by atoms with Gasteiger partial charge in [0, 0.05) is 31.9 Å². The Hall–Kier alpha value is -2.81. The van der Waals surface area contributed by atoms with E-state index in [0.717, 1.165) is 41.2 Å². The molecule has 0 bridgehead atoms. The lowest BCUT2D eigenvalue weighted by molar-refractivity contribution is 0.0750. The summed E-state index contributed by atoms with van der Waals surface area (Å²) in [4.78, 5) is 26.0. The highest BCUT2D eigenvalue weighted by Gasteiger charge is 2.25. The number of carbonyl (C=O) groups is 1. The molecule has 1 aromatic carbocycles. The first-order valence-electron chi connectivity index (χ1n) is 9.27. The zero-order valence-electron chi connectivity index (χ0n) is 16.1. The van der Waals surface area contributed by atoms with Crippen molar-refractivity contribution in [1.82, 2.24) is 24.5 Å². The third-order valence-electron chi connectivity index (χ3n) is 4.71. The van der Waals surface area contributed by atoms with Gasteiger partial charge in [0.2, 0.25) is 5.88 Å². The number of hydrogen-bond donors (Lipinski definition) is 0. The lowest BCUT2D eigenvalue weighted by Crippen LogP contribution is -2.48. The number of benzene rings is 1. The van der Waals surface area contributed by atoms with E-state index in [0.29, 0.717) is 29.5 Å². The van der Waals surface area contributed by atoms with Gasteiger partial charge in [-0.3, -0.25) is 4.79 Å². The fourth-order valence-corrected chi connectivity index (χ4v) is 3.90. The fourth-order valence-electron chi connectivity index (χ4n) is 3.27. The van der Waals surface area contributed by atoms with Gasteiger partial charge in [0.05, 0.1) is 22.7 Å². The van der Waals surface area contributed by atoms with Crippen LogP contribution in [0.5, 0.6) is 5.88 Å². The van der Waals surface area contributed by atoms with Crippen molar-refractivity contribution >= 4 is 34.0 Å². The van der Waals surface area contributed by atoms with Crippen molar-refractivity contribution in [2.24, 2.45) is 0 Å². The van der Waals surface area contributed by atoms with Crippen molar-refractivity contribution in [3.63, 3.8) is 0 Å². The fraction of sp³-hybridized carbons (Fsp3) is 0.421. The molecule has 0 radical (unpaired) electrons. The molecule has 8 nitrogen and oxygen atoms in total. The number of amides is 1. The number of anilines is 1. The van der Waals surface area contributed by atoms with Gasteiger partial charge < -0.3 is 14.5 Å². The summed E-state index contributed by atoms with van der Waals surface area (Å²) in [6, 6.07) is 6.12. The Bertz CT molecular complexity index is 997. The minimum absolute atomic E-state index is 0.0201. The minimum atomic E-state index is 0.0201. The van der Waals surface area contributed by atoms with Crippen LogP contribution in [0.15, 0.2) is 24.5 Å². The van der Waals surface area contributed by atoms with Gasteiger partial charge in [0.25, 0.3) is 5.91 Å². The number of aromatic nitrogens is 4. The van der Waals surface area contributed by atoms with E-state index < -0.39 is 0 Å². The lowest BCUT2D eigenvalue weighted by Gasteiger charge is -2.36. The normalized spacial score (nSPS) is 14.7. The highest BCUT2D eigenvalue weighted by atomic mass is 32.1. The molecule has 0 unspecified atom stereocenters. The van der Waals surface area contributed by atoms with Crippen LogP contribution >= 0.6 is 11.5 Å². The standard InChI is InChI=1S/C19H22N6O2S/c1-12(2)27-18-15-10-14(4-5-16(15)20-11-21-18)24-6-8-25(9-7-24)19(26)17-13(3)22-23-28-17/h4-5,10-12H,6-9H2,1-3H3. The van der Waals surface area contributed by atoms with Gasteiger partial charge in [-0.2, -0.15) is 0 Å².